The molecule has 0 spiro atoms. The van der Waals surface area contributed by atoms with Crippen LogP contribution in [0.25, 0.3) is 0 Å². The highest BCUT2D eigenvalue weighted by Crippen LogP contribution is 2.73. The third-order valence-electron chi connectivity index (χ3n) is 4.82. The second kappa shape index (κ2) is 4.05. The molecule has 0 amide bonds. The summed E-state index contributed by atoms with van der Waals surface area (Å²) in [5.41, 5.74) is 0.245. The summed E-state index contributed by atoms with van der Waals surface area (Å²) in [6, 6.07) is 0. The van der Waals surface area contributed by atoms with Crippen molar-refractivity contribution in [2.45, 2.75) is 39.0 Å². The maximum atomic E-state index is 11.8. The molecule has 4 aliphatic rings. The lowest BCUT2D eigenvalue weighted by Gasteiger charge is -2.69. The van der Waals surface area contributed by atoms with E-state index in [1.54, 1.807) is 0 Å². The van der Waals surface area contributed by atoms with Crippen molar-refractivity contribution in [3.63, 3.8) is 0 Å². The van der Waals surface area contributed by atoms with Crippen molar-refractivity contribution >= 4 is 11.8 Å². The van der Waals surface area contributed by atoms with Crippen LogP contribution < -0.4 is 0 Å². The molecule has 2 bridgehead atoms. The summed E-state index contributed by atoms with van der Waals surface area (Å²) in [5.74, 6) is 0.410. The Balaban J connectivity index is 1.48. The fourth-order valence-corrected chi connectivity index (χ4v) is 4.10. The molecular formula is C14H21NO3. The van der Waals surface area contributed by atoms with Crippen molar-refractivity contribution in [1.29, 1.82) is 0 Å². The fourth-order valence-electron chi connectivity index (χ4n) is 4.10. The van der Waals surface area contributed by atoms with E-state index in [-0.39, 0.29) is 11.4 Å². The van der Waals surface area contributed by atoms with E-state index in [9.17, 15) is 9.59 Å². The van der Waals surface area contributed by atoms with Gasteiger partial charge in [0.2, 0.25) is 0 Å². The van der Waals surface area contributed by atoms with Crippen molar-refractivity contribution in [3.05, 3.63) is 0 Å². The highest BCUT2D eigenvalue weighted by Gasteiger charge is 2.72. The Kier molecular flexibility index (Phi) is 2.73. The van der Waals surface area contributed by atoms with Crippen molar-refractivity contribution in [3.8, 4) is 0 Å². The molecule has 0 aromatic heterocycles. The number of hydrogen-bond acceptors (Lipinski definition) is 4. The number of nitrogens with zero attached hydrogens (tertiary/aromatic N) is 1. The number of likely N-dealkylation sites (tertiary alicyclic amines) is 1. The molecule has 18 heavy (non-hydrogen) atoms. The first-order chi connectivity index (χ1) is 8.57. The van der Waals surface area contributed by atoms with E-state index >= 15 is 0 Å². The lowest BCUT2D eigenvalue weighted by molar-refractivity contribution is -0.232. The van der Waals surface area contributed by atoms with Gasteiger partial charge in [0.1, 0.15) is 5.78 Å². The maximum absolute atomic E-state index is 11.8. The highest BCUT2D eigenvalue weighted by molar-refractivity contribution is 5.81. The van der Waals surface area contributed by atoms with E-state index in [0.29, 0.717) is 30.6 Å². The van der Waals surface area contributed by atoms with Crippen LogP contribution in [0.2, 0.25) is 0 Å². The van der Waals surface area contributed by atoms with Crippen LogP contribution in [-0.4, -0.2) is 42.9 Å². The van der Waals surface area contributed by atoms with E-state index in [4.69, 9.17) is 4.74 Å². The van der Waals surface area contributed by atoms with Crippen molar-refractivity contribution in [2.75, 3.05) is 26.2 Å². The molecule has 0 aromatic carbocycles. The van der Waals surface area contributed by atoms with E-state index in [1.807, 2.05) is 6.92 Å². The molecule has 100 valence electrons. The summed E-state index contributed by atoms with van der Waals surface area (Å²) in [6.07, 6.45) is 4.42. The summed E-state index contributed by atoms with van der Waals surface area (Å²) >= 11 is 0. The maximum Gasteiger partial charge on any atom is 0.312 e. The molecule has 3 aliphatic carbocycles. The van der Waals surface area contributed by atoms with Crippen molar-refractivity contribution in [2.24, 2.45) is 10.8 Å². The van der Waals surface area contributed by atoms with Gasteiger partial charge < -0.3 is 9.64 Å². The van der Waals surface area contributed by atoms with Gasteiger partial charge in [-0.2, -0.15) is 0 Å². The first-order valence-electron chi connectivity index (χ1n) is 6.99. The number of ketones is 1. The molecule has 0 aromatic rings. The molecular weight excluding hydrogens is 230 g/mol. The molecule has 1 saturated heterocycles. The van der Waals surface area contributed by atoms with Crippen molar-refractivity contribution < 1.29 is 14.3 Å². The number of hydrogen-bond donors (Lipinski definition) is 0. The Labute approximate surface area is 108 Å². The molecule has 4 nitrogen and oxygen atoms in total. The molecule has 3 saturated carbocycles. The first-order valence-corrected chi connectivity index (χ1v) is 6.99. The Morgan fingerprint density at radius 3 is 2.44 bits per heavy atom. The number of Topliss-reactive ketones (excluding diaryl/α,β-unsaturated/α-hetero) is 1. The number of carbonyl (C=O) groups excluding carboxylic acids is 2. The smallest absolute Gasteiger partial charge is 0.312 e. The van der Waals surface area contributed by atoms with Crippen molar-refractivity contribution in [1.82, 2.24) is 4.90 Å². The van der Waals surface area contributed by atoms with Gasteiger partial charge in [-0.1, -0.05) is 0 Å². The second-order valence-corrected chi connectivity index (χ2v) is 6.35. The average Bonchev–Trinajstić information content (AvgIpc) is 2.24. The van der Waals surface area contributed by atoms with Crippen LogP contribution in [-0.2, 0) is 14.3 Å². The minimum absolute atomic E-state index is 0.0145. The Morgan fingerprint density at radius 2 is 1.89 bits per heavy atom. The van der Waals surface area contributed by atoms with Gasteiger partial charge in [0.05, 0.1) is 12.0 Å². The summed E-state index contributed by atoms with van der Waals surface area (Å²) in [4.78, 5) is 25.4. The standard InChI is InChI=1S/C14H21NO3/c1-2-18-12(17)14-7-13(8-14,9-14)10-15-5-3-11(16)4-6-15/h2-10H2,1H3. The van der Waals surface area contributed by atoms with Crippen LogP contribution in [0, 0.1) is 10.8 Å². The Bertz CT molecular complexity index is 361. The lowest BCUT2D eigenvalue weighted by Crippen LogP contribution is -2.69. The van der Waals surface area contributed by atoms with Crippen LogP contribution in [0.4, 0.5) is 0 Å². The van der Waals surface area contributed by atoms with Gasteiger partial charge in [-0.15, -0.1) is 0 Å². The van der Waals surface area contributed by atoms with Crippen LogP contribution >= 0.6 is 0 Å². The zero-order valence-electron chi connectivity index (χ0n) is 11.0. The molecule has 4 fully saturated rings. The SMILES string of the molecule is CCOC(=O)C12CC(CN3CCC(=O)CC3)(C1)C2. The third-order valence-corrected chi connectivity index (χ3v) is 4.82. The van der Waals surface area contributed by atoms with Crippen LogP contribution in [0.15, 0.2) is 0 Å². The van der Waals surface area contributed by atoms with Gasteiger partial charge in [0, 0.05) is 32.5 Å². The zero-order chi connectivity index (χ0) is 12.8. The molecule has 0 atom stereocenters. The van der Waals surface area contributed by atoms with Gasteiger partial charge in [-0.05, 0) is 31.6 Å². The largest absolute Gasteiger partial charge is 0.466 e. The average molecular weight is 251 g/mol. The van der Waals surface area contributed by atoms with Gasteiger partial charge in [0.25, 0.3) is 0 Å². The molecule has 4 heteroatoms. The predicted octanol–water partition coefficient (Wildman–Crippen LogP) is 1.38. The zero-order valence-corrected chi connectivity index (χ0v) is 11.0. The van der Waals surface area contributed by atoms with Gasteiger partial charge in [-0.25, -0.2) is 0 Å². The molecule has 0 N–H and O–H groups in total. The molecule has 4 rings (SSSR count). The number of ether oxygens (including phenoxy) is 1. The Hall–Kier alpha value is -0.900. The van der Waals surface area contributed by atoms with Crippen LogP contribution in [0.3, 0.4) is 0 Å². The van der Waals surface area contributed by atoms with Gasteiger partial charge in [0.15, 0.2) is 0 Å². The second-order valence-electron chi connectivity index (χ2n) is 6.35. The third kappa shape index (κ3) is 1.78. The van der Waals surface area contributed by atoms with E-state index in [1.165, 1.54) is 0 Å². The number of rotatable bonds is 4. The van der Waals surface area contributed by atoms with E-state index in [2.05, 4.69) is 4.90 Å². The van der Waals surface area contributed by atoms with Gasteiger partial charge in [-0.3, -0.25) is 9.59 Å². The Morgan fingerprint density at radius 1 is 1.28 bits per heavy atom. The summed E-state index contributed by atoms with van der Waals surface area (Å²) in [6.45, 7) is 5.24. The molecule has 1 heterocycles. The number of carbonyl (C=O) groups is 2. The summed E-state index contributed by atoms with van der Waals surface area (Å²) in [7, 11) is 0. The van der Waals surface area contributed by atoms with Gasteiger partial charge >= 0.3 is 5.97 Å². The fraction of sp³-hybridized carbons (Fsp3) is 0.857. The van der Waals surface area contributed by atoms with E-state index in [0.717, 1.165) is 38.9 Å². The highest BCUT2D eigenvalue weighted by atomic mass is 16.5. The first kappa shape index (κ1) is 12.2. The number of piperidine rings is 1. The normalized spacial score (nSPS) is 38.8. The minimum Gasteiger partial charge on any atom is -0.466 e. The van der Waals surface area contributed by atoms with Crippen LogP contribution in [0.5, 0.6) is 0 Å². The van der Waals surface area contributed by atoms with Crippen LogP contribution in [0.1, 0.15) is 39.0 Å². The monoisotopic (exact) mass is 251 g/mol. The lowest BCUT2D eigenvalue weighted by atomic mass is 9.35. The molecule has 0 radical (unpaired) electrons. The summed E-state index contributed by atoms with van der Waals surface area (Å²) in [5, 5.41) is 0. The molecule has 0 unspecified atom stereocenters. The molecule has 1 aliphatic heterocycles. The minimum atomic E-state index is -0.123. The topological polar surface area (TPSA) is 46.6 Å². The quantitative estimate of drug-likeness (QED) is 0.708. The summed E-state index contributed by atoms with van der Waals surface area (Å²) < 4.78 is 5.14. The predicted molar refractivity (Wildman–Crippen MR) is 66.0 cm³/mol. The number of esters is 1. The van der Waals surface area contributed by atoms with E-state index < -0.39 is 0 Å².